The van der Waals surface area contributed by atoms with Gasteiger partial charge in [-0.2, -0.15) is 0 Å². The van der Waals surface area contributed by atoms with E-state index in [4.69, 9.17) is 0 Å². The second kappa shape index (κ2) is 17.7. The van der Waals surface area contributed by atoms with Crippen molar-refractivity contribution in [2.75, 3.05) is 0 Å². The molecule has 0 fully saturated rings. The van der Waals surface area contributed by atoms with Gasteiger partial charge in [0.2, 0.25) is 6.29 Å². The van der Waals surface area contributed by atoms with Crippen molar-refractivity contribution in [2.24, 2.45) is 5.92 Å². The topological polar surface area (TPSA) is 17.1 Å². The van der Waals surface area contributed by atoms with Crippen LogP contribution in [0.5, 0.6) is 0 Å². The van der Waals surface area contributed by atoms with E-state index in [1.54, 1.807) is 0 Å². The minimum atomic E-state index is 0.145. The zero-order chi connectivity index (χ0) is 15.6. The minimum absolute atomic E-state index is 0.145. The Morgan fingerprint density at radius 2 is 0.952 bits per heavy atom. The summed E-state index contributed by atoms with van der Waals surface area (Å²) in [7, 11) is 0. The Labute approximate surface area is 134 Å². The number of unbranched alkanes of at least 4 members (excludes halogenated alkanes) is 14. The lowest BCUT2D eigenvalue weighted by molar-refractivity contribution is 0.496. The fourth-order valence-corrected chi connectivity index (χ4v) is 2.88. The first-order chi connectivity index (χ1) is 10.3. The Kier molecular flexibility index (Phi) is 17.4. The van der Waals surface area contributed by atoms with Gasteiger partial charge in [0, 0.05) is 5.92 Å². The number of hydrogen-bond donors (Lipinski definition) is 0. The van der Waals surface area contributed by atoms with Crippen molar-refractivity contribution < 1.29 is 4.79 Å². The molecule has 0 aromatic rings. The van der Waals surface area contributed by atoms with Gasteiger partial charge in [-0.1, -0.05) is 110 Å². The van der Waals surface area contributed by atoms with E-state index in [2.05, 4.69) is 13.2 Å². The highest BCUT2D eigenvalue weighted by Crippen LogP contribution is 2.14. The predicted molar refractivity (Wildman–Crippen MR) is 94.4 cm³/mol. The van der Waals surface area contributed by atoms with E-state index in [0.717, 1.165) is 6.42 Å². The summed E-state index contributed by atoms with van der Waals surface area (Å²) in [5.41, 5.74) is 0. The monoisotopic (exact) mass is 295 g/mol. The standard InChI is InChI=1S/C20H39O/c1-3-4-5-6-7-8-9-10-11-12-13-14-15-16-17-18-20(2)19-21/h20H,3-18H2,1-2H3. The maximum absolute atomic E-state index is 10.4. The Bertz CT molecular complexity index is 200. The summed E-state index contributed by atoms with van der Waals surface area (Å²) in [5, 5.41) is 0. The largest absolute Gasteiger partial charge is 0.291 e. The first-order valence-electron chi connectivity index (χ1n) is 9.69. The van der Waals surface area contributed by atoms with E-state index >= 15 is 0 Å². The van der Waals surface area contributed by atoms with Crippen molar-refractivity contribution in [2.45, 2.75) is 117 Å². The van der Waals surface area contributed by atoms with E-state index in [1.165, 1.54) is 96.3 Å². The smallest absolute Gasteiger partial charge is 0.201 e. The normalized spacial score (nSPS) is 12.5. The van der Waals surface area contributed by atoms with Crippen LogP contribution in [0.1, 0.15) is 117 Å². The molecule has 1 heteroatoms. The Balaban J connectivity index is 2.98. The van der Waals surface area contributed by atoms with E-state index in [9.17, 15) is 4.79 Å². The second-order valence-electron chi connectivity index (χ2n) is 6.76. The highest BCUT2D eigenvalue weighted by atomic mass is 16.1. The lowest BCUT2D eigenvalue weighted by Gasteiger charge is -2.04. The molecule has 0 aliphatic carbocycles. The van der Waals surface area contributed by atoms with Crippen LogP contribution in [0.25, 0.3) is 0 Å². The van der Waals surface area contributed by atoms with E-state index < -0.39 is 0 Å². The maximum Gasteiger partial charge on any atom is 0.201 e. The summed E-state index contributed by atoms with van der Waals surface area (Å²) in [6.07, 6.45) is 24.1. The van der Waals surface area contributed by atoms with Crippen molar-refractivity contribution in [3.05, 3.63) is 0 Å². The molecule has 0 amide bonds. The van der Waals surface area contributed by atoms with Gasteiger partial charge in [0.1, 0.15) is 0 Å². The average molecular weight is 296 g/mol. The van der Waals surface area contributed by atoms with Crippen LogP contribution in [-0.4, -0.2) is 6.29 Å². The quantitative estimate of drug-likeness (QED) is 0.264. The van der Waals surface area contributed by atoms with Gasteiger partial charge in [0.15, 0.2) is 0 Å². The van der Waals surface area contributed by atoms with Gasteiger partial charge < -0.3 is 0 Å². The maximum atomic E-state index is 10.4. The van der Waals surface area contributed by atoms with Crippen molar-refractivity contribution in [1.29, 1.82) is 0 Å². The zero-order valence-electron chi connectivity index (χ0n) is 14.8. The summed E-state index contributed by atoms with van der Waals surface area (Å²) < 4.78 is 0. The molecule has 125 valence electrons. The SMILES string of the molecule is CCCCCCCCCCCCCCCCCC(C)[C]=O. The fraction of sp³-hybridized carbons (Fsp3) is 0.950. The molecule has 0 rings (SSSR count). The van der Waals surface area contributed by atoms with Crippen LogP contribution in [-0.2, 0) is 4.79 Å². The van der Waals surface area contributed by atoms with Crippen LogP contribution in [0.15, 0.2) is 0 Å². The molecule has 1 atom stereocenters. The summed E-state index contributed by atoms with van der Waals surface area (Å²) in [6, 6.07) is 0. The molecular weight excluding hydrogens is 256 g/mol. The van der Waals surface area contributed by atoms with Crippen LogP contribution in [0.3, 0.4) is 0 Å². The van der Waals surface area contributed by atoms with Crippen LogP contribution in [0, 0.1) is 5.92 Å². The highest BCUT2D eigenvalue weighted by Gasteiger charge is 1.99. The highest BCUT2D eigenvalue weighted by molar-refractivity contribution is 5.53. The number of carbonyl (C=O) groups excluding carboxylic acids is 1. The first kappa shape index (κ1) is 20.7. The molecule has 21 heavy (non-hydrogen) atoms. The molecular formula is C20H39O. The predicted octanol–water partition coefficient (Wildman–Crippen LogP) is 6.99. The molecule has 1 radical (unpaired) electrons. The third kappa shape index (κ3) is 17.6. The van der Waals surface area contributed by atoms with Gasteiger partial charge in [-0.05, 0) is 6.42 Å². The first-order valence-corrected chi connectivity index (χ1v) is 9.69. The summed E-state index contributed by atoms with van der Waals surface area (Å²) in [4.78, 5) is 10.4. The molecule has 0 N–H and O–H groups in total. The third-order valence-electron chi connectivity index (χ3n) is 4.44. The molecule has 0 bridgehead atoms. The molecule has 1 unspecified atom stereocenters. The molecule has 0 aliphatic rings. The van der Waals surface area contributed by atoms with Crippen LogP contribution < -0.4 is 0 Å². The average Bonchev–Trinajstić information content (AvgIpc) is 2.50. The Morgan fingerprint density at radius 3 is 1.29 bits per heavy atom. The van der Waals surface area contributed by atoms with Gasteiger partial charge >= 0.3 is 0 Å². The molecule has 0 saturated carbocycles. The Morgan fingerprint density at radius 1 is 0.619 bits per heavy atom. The van der Waals surface area contributed by atoms with E-state index in [-0.39, 0.29) is 5.92 Å². The number of rotatable bonds is 17. The van der Waals surface area contributed by atoms with Crippen molar-refractivity contribution in [1.82, 2.24) is 0 Å². The molecule has 0 aromatic carbocycles. The second-order valence-corrected chi connectivity index (χ2v) is 6.76. The van der Waals surface area contributed by atoms with Crippen molar-refractivity contribution >= 4 is 6.29 Å². The summed E-state index contributed by atoms with van der Waals surface area (Å²) in [6.45, 7) is 4.25. The van der Waals surface area contributed by atoms with Gasteiger partial charge in [0.05, 0.1) is 0 Å². The number of hydrogen-bond acceptors (Lipinski definition) is 1. The van der Waals surface area contributed by atoms with E-state index in [1.807, 2.05) is 6.92 Å². The molecule has 0 spiro atoms. The third-order valence-corrected chi connectivity index (χ3v) is 4.44. The lowest BCUT2D eigenvalue weighted by atomic mass is 10.0. The fourth-order valence-electron chi connectivity index (χ4n) is 2.88. The summed E-state index contributed by atoms with van der Waals surface area (Å²) in [5.74, 6) is 0.145. The summed E-state index contributed by atoms with van der Waals surface area (Å²) >= 11 is 0. The molecule has 0 heterocycles. The van der Waals surface area contributed by atoms with Gasteiger partial charge in [-0.15, -0.1) is 0 Å². The van der Waals surface area contributed by atoms with Crippen LogP contribution in [0.2, 0.25) is 0 Å². The van der Waals surface area contributed by atoms with Crippen molar-refractivity contribution in [3.8, 4) is 0 Å². The van der Waals surface area contributed by atoms with Gasteiger partial charge in [0.25, 0.3) is 0 Å². The van der Waals surface area contributed by atoms with Gasteiger partial charge in [-0.25, -0.2) is 0 Å². The Hall–Kier alpha value is -0.330. The molecule has 1 nitrogen and oxygen atoms in total. The lowest BCUT2D eigenvalue weighted by Crippen LogP contribution is -1.94. The molecule has 0 saturated heterocycles. The van der Waals surface area contributed by atoms with E-state index in [0.29, 0.717) is 0 Å². The molecule has 0 aliphatic heterocycles. The van der Waals surface area contributed by atoms with Crippen LogP contribution in [0.4, 0.5) is 0 Å². The minimum Gasteiger partial charge on any atom is -0.291 e. The zero-order valence-corrected chi connectivity index (χ0v) is 14.8. The van der Waals surface area contributed by atoms with Crippen molar-refractivity contribution in [3.63, 3.8) is 0 Å². The van der Waals surface area contributed by atoms with Gasteiger partial charge in [-0.3, -0.25) is 4.79 Å². The van der Waals surface area contributed by atoms with Crippen LogP contribution >= 0.6 is 0 Å². The molecule has 0 aromatic heterocycles.